The summed E-state index contributed by atoms with van der Waals surface area (Å²) >= 11 is 10.4. The molecule has 0 saturated heterocycles. The number of hydrogen-bond acceptors (Lipinski definition) is 3. The van der Waals surface area contributed by atoms with Crippen molar-refractivity contribution in [1.29, 1.82) is 0 Å². The summed E-state index contributed by atoms with van der Waals surface area (Å²) < 4.78 is 5.16. The van der Waals surface area contributed by atoms with Gasteiger partial charge in [-0.3, -0.25) is 4.52 Å². The van der Waals surface area contributed by atoms with Crippen LogP contribution in [0.5, 0.6) is 0 Å². The highest BCUT2D eigenvalue weighted by Crippen LogP contribution is 2.63. The fraction of sp³-hybridized carbons (Fsp3) is 1.00. The van der Waals surface area contributed by atoms with E-state index in [0.29, 0.717) is 5.66 Å². The summed E-state index contributed by atoms with van der Waals surface area (Å²) in [6.07, 6.45) is 5.00. The lowest BCUT2D eigenvalue weighted by atomic mass is 10.4. The van der Waals surface area contributed by atoms with Crippen molar-refractivity contribution >= 4 is 30.4 Å². The zero-order valence-electron chi connectivity index (χ0n) is 6.08. The van der Waals surface area contributed by atoms with Crippen molar-refractivity contribution < 1.29 is 4.52 Å². The SMILES string of the molecule is CO[P+]([S-])([S-])C1CCCC1. The molecule has 0 heterocycles. The van der Waals surface area contributed by atoms with Crippen molar-refractivity contribution in [1.82, 2.24) is 0 Å². The molecule has 0 unspecified atom stereocenters. The van der Waals surface area contributed by atoms with Gasteiger partial charge in [-0.1, -0.05) is 5.89 Å². The van der Waals surface area contributed by atoms with Gasteiger partial charge < -0.3 is 24.5 Å². The van der Waals surface area contributed by atoms with Gasteiger partial charge in [0.15, 0.2) is 0 Å². The van der Waals surface area contributed by atoms with Gasteiger partial charge in [-0.2, -0.15) is 0 Å². The molecule has 1 fully saturated rings. The van der Waals surface area contributed by atoms with Crippen LogP contribution in [0.3, 0.4) is 0 Å². The van der Waals surface area contributed by atoms with E-state index in [4.69, 9.17) is 29.0 Å². The van der Waals surface area contributed by atoms with Crippen LogP contribution < -0.4 is 0 Å². The van der Waals surface area contributed by atoms with Crippen LogP contribution >= 0.6 is 5.89 Å². The second-order valence-electron chi connectivity index (χ2n) is 2.66. The van der Waals surface area contributed by atoms with Gasteiger partial charge in [-0.25, -0.2) is 0 Å². The zero-order chi connectivity index (χ0) is 7.61. The lowest BCUT2D eigenvalue weighted by molar-refractivity contribution is 0.459. The van der Waals surface area contributed by atoms with Crippen LogP contribution in [0, 0.1) is 0 Å². The third-order valence-corrected chi connectivity index (χ3v) is 6.63. The van der Waals surface area contributed by atoms with E-state index in [1.165, 1.54) is 25.7 Å². The van der Waals surface area contributed by atoms with Gasteiger partial charge in [0.05, 0.1) is 12.8 Å². The van der Waals surface area contributed by atoms with Crippen LogP contribution in [-0.4, -0.2) is 12.8 Å². The molecule has 1 aliphatic rings. The molecule has 0 bridgehead atoms. The Morgan fingerprint density at radius 1 is 1.30 bits per heavy atom. The fourth-order valence-corrected chi connectivity index (χ4v) is 3.93. The maximum Gasteiger partial charge on any atom is 0.0748 e. The Morgan fingerprint density at radius 3 is 2.20 bits per heavy atom. The molecule has 0 radical (unpaired) electrons. The first kappa shape index (κ1) is 9.18. The van der Waals surface area contributed by atoms with Crippen molar-refractivity contribution in [2.24, 2.45) is 0 Å². The summed E-state index contributed by atoms with van der Waals surface area (Å²) in [6.45, 7) is 0. The van der Waals surface area contributed by atoms with Gasteiger partial charge in [0.2, 0.25) is 0 Å². The monoisotopic (exact) mass is 195 g/mol. The number of hydrogen-bond donors (Lipinski definition) is 0. The van der Waals surface area contributed by atoms with Crippen LogP contribution in [0.2, 0.25) is 0 Å². The summed E-state index contributed by atoms with van der Waals surface area (Å²) in [6, 6.07) is 0. The maximum atomic E-state index is 5.21. The van der Waals surface area contributed by atoms with Crippen LogP contribution in [-0.2, 0) is 29.0 Å². The molecule has 0 spiro atoms. The van der Waals surface area contributed by atoms with Crippen molar-refractivity contribution in [3.05, 3.63) is 0 Å². The third kappa shape index (κ3) is 2.04. The Bertz CT molecular complexity index is 112. The Hall–Kier alpha value is 1.09. The average molecular weight is 195 g/mol. The predicted octanol–water partition coefficient (Wildman–Crippen LogP) is 2.43. The molecule has 0 amide bonds. The molecule has 10 heavy (non-hydrogen) atoms. The summed E-state index contributed by atoms with van der Waals surface area (Å²) in [7, 11) is 1.66. The lowest BCUT2D eigenvalue weighted by Gasteiger charge is -2.41. The Balaban J connectivity index is 2.45. The zero-order valence-corrected chi connectivity index (χ0v) is 8.61. The van der Waals surface area contributed by atoms with Gasteiger partial charge in [0.25, 0.3) is 0 Å². The van der Waals surface area contributed by atoms with Crippen LogP contribution in [0.15, 0.2) is 0 Å². The minimum Gasteiger partial charge on any atom is -0.547 e. The minimum absolute atomic E-state index is 0.544. The lowest BCUT2D eigenvalue weighted by Crippen LogP contribution is -2.06. The third-order valence-electron chi connectivity index (χ3n) is 2.03. The molecular formula is C6H12OPS2-. The molecule has 0 aromatic heterocycles. The van der Waals surface area contributed by atoms with Crippen LogP contribution in [0.1, 0.15) is 25.7 Å². The van der Waals surface area contributed by atoms with Crippen LogP contribution in [0.4, 0.5) is 0 Å². The van der Waals surface area contributed by atoms with Gasteiger partial charge >= 0.3 is 0 Å². The van der Waals surface area contributed by atoms with Crippen molar-refractivity contribution in [2.75, 3.05) is 7.11 Å². The molecule has 1 saturated carbocycles. The van der Waals surface area contributed by atoms with Crippen molar-refractivity contribution in [2.45, 2.75) is 31.3 Å². The highest BCUT2D eigenvalue weighted by molar-refractivity contribution is 8.71. The van der Waals surface area contributed by atoms with E-state index in [9.17, 15) is 0 Å². The molecule has 0 N–H and O–H groups in total. The highest BCUT2D eigenvalue weighted by atomic mass is 33.1. The molecule has 4 heteroatoms. The molecule has 1 aliphatic carbocycles. The van der Waals surface area contributed by atoms with E-state index in [2.05, 4.69) is 0 Å². The maximum absolute atomic E-state index is 5.21. The Kier molecular flexibility index (Phi) is 3.36. The summed E-state index contributed by atoms with van der Waals surface area (Å²) in [5, 5.41) is 0. The largest absolute Gasteiger partial charge is 0.547 e. The summed E-state index contributed by atoms with van der Waals surface area (Å²) in [5.74, 6) is -1.80. The van der Waals surface area contributed by atoms with E-state index in [1.54, 1.807) is 7.11 Å². The second kappa shape index (κ2) is 3.66. The molecule has 0 atom stereocenters. The first-order valence-electron chi connectivity index (χ1n) is 3.53. The van der Waals surface area contributed by atoms with E-state index in [0.717, 1.165) is 0 Å². The molecular weight excluding hydrogens is 183 g/mol. The molecule has 60 valence electrons. The summed E-state index contributed by atoms with van der Waals surface area (Å²) in [4.78, 5) is 0. The van der Waals surface area contributed by atoms with Gasteiger partial charge in [0.1, 0.15) is 0 Å². The Morgan fingerprint density at radius 2 is 1.80 bits per heavy atom. The van der Waals surface area contributed by atoms with Crippen molar-refractivity contribution in [3.8, 4) is 0 Å². The normalized spacial score (nSPS) is 21.9. The van der Waals surface area contributed by atoms with Crippen molar-refractivity contribution in [3.63, 3.8) is 0 Å². The first-order valence-corrected chi connectivity index (χ1v) is 7.33. The second-order valence-corrected chi connectivity index (χ2v) is 8.78. The fourth-order valence-electron chi connectivity index (χ4n) is 1.37. The van der Waals surface area contributed by atoms with E-state index < -0.39 is 5.89 Å². The molecule has 0 aliphatic heterocycles. The summed E-state index contributed by atoms with van der Waals surface area (Å²) in [5.41, 5.74) is 0.544. The molecule has 1 nitrogen and oxygen atoms in total. The molecule has 0 aromatic carbocycles. The quantitative estimate of drug-likeness (QED) is 0.494. The average Bonchev–Trinajstić information content (AvgIpc) is 2.38. The van der Waals surface area contributed by atoms with Gasteiger partial charge in [-0.15, -0.1) is 0 Å². The smallest absolute Gasteiger partial charge is 0.0748 e. The standard InChI is InChI=1S/C6H13OPS2/c1-7-8(9,10)6-4-2-3-5-6/h6H,2-5H2,1H3,(H,9,10)/p-1. The predicted molar refractivity (Wildman–Crippen MR) is 50.9 cm³/mol. The van der Waals surface area contributed by atoms with Gasteiger partial charge in [-0.05, 0) is 25.7 Å². The van der Waals surface area contributed by atoms with Crippen LogP contribution in [0.25, 0.3) is 0 Å². The Labute approximate surface area is 73.7 Å². The molecule has 1 rings (SSSR count). The van der Waals surface area contributed by atoms with E-state index >= 15 is 0 Å². The van der Waals surface area contributed by atoms with Gasteiger partial charge in [0, 0.05) is 0 Å². The number of rotatable bonds is 2. The minimum atomic E-state index is -1.80. The molecule has 0 aromatic rings. The topological polar surface area (TPSA) is 9.23 Å². The highest BCUT2D eigenvalue weighted by Gasteiger charge is 2.26. The van der Waals surface area contributed by atoms with E-state index in [-0.39, 0.29) is 0 Å². The van der Waals surface area contributed by atoms with E-state index in [1.807, 2.05) is 0 Å². The first-order chi connectivity index (χ1) is 4.67.